The van der Waals surface area contributed by atoms with Crippen molar-refractivity contribution in [2.45, 2.75) is 70.9 Å². The van der Waals surface area contributed by atoms with Gasteiger partial charge in [0.05, 0.1) is 11.8 Å². The highest BCUT2D eigenvalue weighted by Crippen LogP contribution is 2.27. The van der Waals surface area contributed by atoms with E-state index in [1.807, 2.05) is 19.9 Å². The maximum atomic E-state index is 12.6. The van der Waals surface area contributed by atoms with Gasteiger partial charge >= 0.3 is 0 Å². The Labute approximate surface area is 126 Å². The number of nitriles is 1. The molecule has 2 rings (SSSR count). The lowest BCUT2D eigenvalue weighted by Gasteiger charge is -2.26. The van der Waals surface area contributed by atoms with Crippen molar-refractivity contribution in [3.05, 3.63) is 17.5 Å². The van der Waals surface area contributed by atoms with Gasteiger partial charge in [-0.2, -0.15) is 10.4 Å². The van der Waals surface area contributed by atoms with E-state index in [-0.39, 0.29) is 5.91 Å². The Balaban J connectivity index is 2.19. The molecule has 1 saturated carbocycles. The molecule has 21 heavy (non-hydrogen) atoms. The van der Waals surface area contributed by atoms with Gasteiger partial charge in [-0.05, 0) is 32.3 Å². The Morgan fingerprint density at radius 3 is 2.57 bits per heavy atom. The molecule has 1 heterocycles. The lowest BCUT2D eigenvalue weighted by atomic mass is 9.91. The van der Waals surface area contributed by atoms with Crippen LogP contribution in [0.1, 0.15) is 68.6 Å². The summed E-state index contributed by atoms with van der Waals surface area (Å²) in [5, 5.41) is 16.9. The van der Waals surface area contributed by atoms with E-state index in [4.69, 9.17) is 0 Å². The Kier molecular flexibility index (Phi) is 5.00. The molecule has 0 bridgehead atoms. The first-order valence-corrected chi connectivity index (χ1v) is 7.94. The molecule has 1 aliphatic rings. The number of amides is 1. The van der Waals surface area contributed by atoms with Crippen molar-refractivity contribution in [3.63, 3.8) is 0 Å². The molecular formula is C16H24N4O. The maximum absolute atomic E-state index is 12.6. The number of aryl methyl sites for hydroxylation is 2. The second kappa shape index (κ2) is 6.75. The summed E-state index contributed by atoms with van der Waals surface area (Å²) < 4.78 is 1.72. The van der Waals surface area contributed by atoms with Crippen molar-refractivity contribution in [2.75, 3.05) is 0 Å². The summed E-state index contributed by atoms with van der Waals surface area (Å²) in [5.74, 6) is -0.174. The molecular weight excluding hydrogens is 264 g/mol. The fourth-order valence-corrected chi connectivity index (χ4v) is 2.94. The largest absolute Gasteiger partial charge is 0.332 e. The molecule has 0 aromatic carbocycles. The molecule has 0 aliphatic heterocycles. The van der Waals surface area contributed by atoms with Crippen molar-refractivity contribution >= 4 is 5.91 Å². The van der Waals surface area contributed by atoms with Crippen LogP contribution in [0.3, 0.4) is 0 Å². The summed E-state index contributed by atoms with van der Waals surface area (Å²) in [6, 6.07) is 4.19. The maximum Gasteiger partial charge on any atom is 0.270 e. The van der Waals surface area contributed by atoms with Gasteiger partial charge in [0.1, 0.15) is 11.2 Å². The summed E-state index contributed by atoms with van der Waals surface area (Å²) in [6.45, 7) is 4.64. The molecule has 1 amide bonds. The normalized spacial score (nSPS) is 17.8. The molecule has 0 radical (unpaired) electrons. The van der Waals surface area contributed by atoms with Crippen molar-refractivity contribution in [3.8, 4) is 6.07 Å². The third kappa shape index (κ3) is 3.44. The zero-order chi connectivity index (χ0) is 15.3. The summed E-state index contributed by atoms with van der Waals surface area (Å²) in [4.78, 5) is 12.6. The van der Waals surface area contributed by atoms with Gasteiger partial charge in [-0.3, -0.25) is 9.48 Å². The van der Waals surface area contributed by atoms with Crippen LogP contribution in [0.25, 0.3) is 0 Å². The number of rotatable bonds is 4. The lowest BCUT2D eigenvalue weighted by molar-refractivity contribution is 0.0902. The van der Waals surface area contributed by atoms with Crippen molar-refractivity contribution in [1.29, 1.82) is 5.26 Å². The van der Waals surface area contributed by atoms with Crippen LogP contribution in [0, 0.1) is 11.3 Å². The fraction of sp³-hybridized carbons (Fsp3) is 0.688. The molecule has 1 N–H and O–H groups in total. The van der Waals surface area contributed by atoms with Crippen molar-refractivity contribution in [2.24, 2.45) is 0 Å². The van der Waals surface area contributed by atoms with E-state index >= 15 is 0 Å². The average molecular weight is 288 g/mol. The lowest BCUT2D eigenvalue weighted by Crippen LogP contribution is -2.47. The molecule has 0 atom stereocenters. The first-order chi connectivity index (χ1) is 10.1. The van der Waals surface area contributed by atoms with E-state index < -0.39 is 5.54 Å². The summed E-state index contributed by atoms with van der Waals surface area (Å²) in [6.07, 6.45) is 6.59. The van der Waals surface area contributed by atoms with Gasteiger partial charge in [-0.15, -0.1) is 0 Å². The van der Waals surface area contributed by atoms with Crippen LogP contribution in [-0.4, -0.2) is 21.2 Å². The zero-order valence-corrected chi connectivity index (χ0v) is 13.0. The molecule has 1 aromatic rings. The SMILES string of the molecule is CCc1cc(C(=O)NC2(C#N)CCCCCC2)n(CC)n1. The van der Waals surface area contributed by atoms with E-state index in [1.54, 1.807) is 4.68 Å². The molecule has 0 spiro atoms. The van der Waals surface area contributed by atoms with Gasteiger partial charge in [0.25, 0.3) is 5.91 Å². The molecule has 0 unspecified atom stereocenters. The second-order valence-electron chi connectivity index (χ2n) is 5.75. The van der Waals surface area contributed by atoms with E-state index in [0.29, 0.717) is 12.2 Å². The van der Waals surface area contributed by atoms with Gasteiger partial charge in [0.15, 0.2) is 0 Å². The van der Waals surface area contributed by atoms with E-state index in [9.17, 15) is 10.1 Å². The van der Waals surface area contributed by atoms with Gasteiger partial charge < -0.3 is 5.32 Å². The fourth-order valence-electron chi connectivity index (χ4n) is 2.94. The Morgan fingerprint density at radius 2 is 2.05 bits per heavy atom. The molecule has 1 fully saturated rings. The summed E-state index contributed by atoms with van der Waals surface area (Å²) in [5.41, 5.74) is 0.769. The predicted molar refractivity (Wildman–Crippen MR) is 80.8 cm³/mol. The highest BCUT2D eigenvalue weighted by molar-refractivity contribution is 5.93. The van der Waals surface area contributed by atoms with Gasteiger partial charge in [-0.1, -0.05) is 32.6 Å². The monoisotopic (exact) mass is 288 g/mol. The van der Waals surface area contributed by atoms with Crippen LogP contribution >= 0.6 is 0 Å². The number of carbonyl (C=O) groups is 1. The topological polar surface area (TPSA) is 70.7 Å². The Morgan fingerprint density at radius 1 is 1.38 bits per heavy atom. The quantitative estimate of drug-likeness (QED) is 0.866. The minimum absolute atomic E-state index is 0.174. The van der Waals surface area contributed by atoms with Crippen LogP contribution in [-0.2, 0) is 13.0 Å². The van der Waals surface area contributed by atoms with Gasteiger partial charge in [0.2, 0.25) is 0 Å². The summed E-state index contributed by atoms with van der Waals surface area (Å²) in [7, 11) is 0. The van der Waals surface area contributed by atoms with Crippen LogP contribution in [0.2, 0.25) is 0 Å². The standard InChI is InChI=1S/C16H24N4O/c1-3-13-11-14(20(4-2)19-13)15(21)18-16(12-17)9-7-5-6-8-10-16/h11H,3-10H2,1-2H3,(H,18,21). The first-order valence-electron chi connectivity index (χ1n) is 7.94. The number of hydrogen-bond donors (Lipinski definition) is 1. The average Bonchev–Trinajstić information content (AvgIpc) is 2.80. The highest BCUT2D eigenvalue weighted by Gasteiger charge is 2.33. The number of carbonyl (C=O) groups excluding carboxylic acids is 1. The minimum atomic E-state index is -0.706. The van der Waals surface area contributed by atoms with Crippen molar-refractivity contribution in [1.82, 2.24) is 15.1 Å². The van der Waals surface area contributed by atoms with Crippen LogP contribution < -0.4 is 5.32 Å². The number of aromatic nitrogens is 2. The molecule has 1 aromatic heterocycles. The number of hydrogen-bond acceptors (Lipinski definition) is 3. The Bertz CT molecular complexity index is 533. The van der Waals surface area contributed by atoms with Crippen LogP contribution in [0.15, 0.2) is 6.07 Å². The van der Waals surface area contributed by atoms with Crippen LogP contribution in [0.4, 0.5) is 0 Å². The number of nitrogens with zero attached hydrogens (tertiary/aromatic N) is 3. The molecule has 1 aliphatic carbocycles. The predicted octanol–water partition coefficient (Wildman–Crippen LogP) is 2.81. The van der Waals surface area contributed by atoms with Crippen LogP contribution in [0.5, 0.6) is 0 Å². The third-order valence-electron chi connectivity index (χ3n) is 4.25. The van der Waals surface area contributed by atoms with Gasteiger partial charge in [-0.25, -0.2) is 0 Å². The molecule has 5 heteroatoms. The second-order valence-corrected chi connectivity index (χ2v) is 5.75. The first kappa shape index (κ1) is 15.6. The summed E-state index contributed by atoms with van der Waals surface area (Å²) >= 11 is 0. The molecule has 5 nitrogen and oxygen atoms in total. The molecule has 0 saturated heterocycles. The van der Waals surface area contributed by atoms with E-state index in [1.165, 1.54) is 0 Å². The van der Waals surface area contributed by atoms with E-state index in [0.717, 1.165) is 50.6 Å². The van der Waals surface area contributed by atoms with Crippen molar-refractivity contribution < 1.29 is 4.79 Å². The third-order valence-corrected chi connectivity index (χ3v) is 4.25. The zero-order valence-electron chi connectivity index (χ0n) is 13.0. The smallest absolute Gasteiger partial charge is 0.270 e. The highest BCUT2D eigenvalue weighted by atomic mass is 16.2. The molecule has 114 valence electrons. The minimum Gasteiger partial charge on any atom is -0.332 e. The Hall–Kier alpha value is -1.83. The number of nitrogens with one attached hydrogen (secondary N) is 1. The van der Waals surface area contributed by atoms with E-state index in [2.05, 4.69) is 16.5 Å². The van der Waals surface area contributed by atoms with Gasteiger partial charge in [0, 0.05) is 6.54 Å².